The molecule has 0 unspecified atom stereocenters. The van der Waals surface area contributed by atoms with Gasteiger partial charge in [-0.1, -0.05) is 24.1 Å². The van der Waals surface area contributed by atoms with Gasteiger partial charge in [-0.25, -0.2) is 14.2 Å². The van der Waals surface area contributed by atoms with E-state index in [1.54, 1.807) is 36.4 Å². The average molecular weight is 282 g/mol. The summed E-state index contributed by atoms with van der Waals surface area (Å²) in [6.07, 6.45) is -0.454. The average Bonchev–Trinajstić information content (AvgIpc) is 2.93. The van der Waals surface area contributed by atoms with Crippen LogP contribution in [0.15, 0.2) is 42.5 Å². The maximum absolute atomic E-state index is 13.5. The van der Waals surface area contributed by atoms with Crippen LogP contribution in [0.25, 0.3) is 0 Å². The zero-order valence-electron chi connectivity index (χ0n) is 11.0. The van der Waals surface area contributed by atoms with Crippen LogP contribution in [0.5, 0.6) is 0 Å². The number of alkyl carbamates (subject to hydrolysis) is 1. The van der Waals surface area contributed by atoms with Gasteiger partial charge in [0.1, 0.15) is 24.2 Å². The highest BCUT2D eigenvalue weighted by Gasteiger charge is 2.24. The van der Waals surface area contributed by atoms with E-state index in [2.05, 4.69) is 22.1 Å². The molecule has 2 aromatic rings. The van der Waals surface area contributed by atoms with Gasteiger partial charge in [-0.05, 0) is 30.2 Å². The molecule has 2 heterocycles. The minimum atomic E-state index is -0.454. The monoisotopic (exact) mass is 282 g/mol. The molecular weight excluding hydrogens is 271 g/mol. The second kappa shape index (κ2) is 5.63. The van der Waals surface area contributed by atoms with Gasteiger partial charge in [0, 0.05) is 0 Å². The van der Waals surface area contributed by atoms with Crippen molar-refractivity contribution in [3.05, 3.63) is 65.2 Å². The molecule has 0 bridgehead atoms. The van der Waals surface area contributed by atoms with Gasteiger partial charge >= 0.3 is 6.09 Å². The fraction of sp³-hybridized carbons (Fsp3) is 0.125. The highest BCUT2D eigenvalue weighted by molar-refractivity contribution is 5.69. The predicted octanol–water partition coefficient (Wildman–Crippen LogP) is 2.40. The smallest absolute Gasteiger partial charge is 0.407 e. The molecule has 1 amide bonds. The maximum Gasteiger partial charge on any atom is 0.407 e. The van der Waals surface area contributed by atoms with Crippen LogP contribution < -0.4 is 5.32 Å². The van der Waals surface area contributed by atoms with E-state index >= 15 is 0 Å². The Morgan fingerprint density at radius 2 is 2.05 bits per heavy atom. The predicted molar refractivity (Wildman–Crippen MR) is 73.8 cm³/mol. The standard InChI is InChI=1S/C16H11FN2O2/c17-13-6-2-1-4-11(13)8-9-12-5-3-7-14(18-12)15-10-21-16(20)19-15/h1-7,15H,10H2,(H,19,20)/t15-/m0/s1. The van der Waals surface area contributed by atoms with Crippen LogP contribution in [0.3, 0.4) is 0 Å². The zero-order valence-corrected chi connectivity index (χ0v) is 11.0. The first-order chi connectivity index (χ1) is 10.2. The molecule has 0 saturated carbocycles. The molecule has 1 aliphatic heterocycles. The fourth-order valence-corrected chi connectivity index (χ4v) is 1.95. The number of amides is 1. The van der Waals surface area contributed by atoms with Gasteiger partial charge in [0.2, 0.25) is 0 Å². The van der Waals surface area contributed by atoms with Gasteiger partial charge in [0.05, 0.1) is 11.3 Å². The number of cyclic esters (lactones) is 1. The van der Waals surface area contributed by atoms with Crippen LogP contribution in [-0.4, -0.2) is 17.7 Å². The molecule has 1 aromatic carbocycles. The lowest BCUT2D eigenvalue weighted by atomic mass is 10.2. The third-order valence-electron chi connectivity index (χ3n) is 3.00. The molecule has 5 heteroatoms. The molecule has 0 radical (unpaired) electrons. The maximum atomic E-state index is 13.5. The summed E-state index contributed by atoms with van der Waals surface area (Å²) in [4.78, 5) is 15.4. The Morgan fingerprint density at radius 3 is 2.81 bits per heavy atom. The van der Waals surface area contributed by atoms with Crippen LogP contribution in [0, 0.1) is 17.7 Å². The van der Waals surface area contributed by atoms with Crippen molar-refractivity contribution in [1.82, 2.24) is 10.3 Å². The summed E-state index contributed by atoms with van der Waals surface area (Å²) < 4.78 is 18.3. The number of pyridine rings is 1. The second-order valence-corrected chi connectivity index (χ2v) is 4.47. The van der Waals surface area contributed by atoms with Crippen LogP contribution >= 0.6 is 0 Å². The van der Waals surface area contributed by atoms with Crippen molar-refractivity contribution in [3.63, 3.8) is 0 Å². The number of hydrogen-bond acceptors (Lipinski definition) is 3. The Hall–Kier alpha value is -2.87. The molecule has 1 N–H and O–H groups in total. The summed E-state index contributed by atoms with van der Waals surface area (Å²) in [5.74, 6) is 5.21. The Balaban J connectivity index is 1.84. The second-order valence-electron chi connectivity index (χ2n) is 4.47. The number of nitrogens with one attached hydrogen (secondary N) is 1. The molecule has 0 spiro atoms. The highest BCUT2D eigenvalue weighted by atomic mass is 19.1. The lowest BCUT2D eigenvalue weighted by Gasteiger charge is -2.06. The number of rotatable bonds is 1. The number of nitrogens with zero attached hydrogens (tertiary/aromatic N) is 1. The molecule has 3 rings (SSSR count). The summed E-state index contributed by atoms with van der Waals surface area (Å²) in [5.41, 5.74) is 1.50. The molecular formula is C16H11FN2O2. The van der Waals surface area contributed by atoms with Crippen LogP contribution in [0.2, 0.25) is 0 Å². The first-order valence-electron chi connectivity index (χ1n) is 6.39. The quantitative estimate of drug-likeness (QED) is 0.817. The number of carbonyl (C=O) groups excluding carboxylic acids is 1. The van der Waals surface area contributed by atoms with E-state index < -0.39 is 6.09 Å². The molecule has 1 aromatic heterocycles. The van der Waals surface area contributed by atoms with E-state index in [0.717, 1.165) is 0 Å². The van der Waals surface area contributed by atoms with Crippen LogP contribution in [0.1, 0.15) is 23.0 Å². The van der Waals surface area contributed by atoms with Crippen molar-refractivity contribution in [2.75, 3.05) is 6.61 Å². The zero-order chi connectivity index (χ0) is 14.7. The Labute approximate surface area is 121 Å². The van der Waals surface area contributed by atoms with Crippen LogP contribution in [0.4, 0.5) is 9.18 Å². The number of carbonyl (C=O) groups is 1. The van der Waals surface area contributed by atoms with Gasteiger partial charge in [-0.3, -0.25) is 0 Å². The summed E-state index contributed by atoms with van der Waals surface area (Å²) in [6.45, 7) is 0.246. The topological polar surface area (TPSA) is 51.2 Å². The van der Waals surface area contributed by atoms with Crippen molar-refractivity contribution in [2.45, 2.75) is 6.04 Å². The number of hydrogen-bond donors (Lipinski definition) is 1. The molecule has 1 aliphatic rings. The molecule has 104 valence electrons. The SMILES string of the molecule is O=C1N[C@H](c2cccc(C#Cc3ccccc3F)n2)CO1. The number of ether oxygens (including phenoxy) is 1. The summed E-state index contributed by atoms with van der Waals surface area (Å²) in [5, 5.41) is 2.65. The largest absolute Gasteiger partial charge is 0.447 e. The van der Waals surface area contributed by atoms with E-state index in [4.69, 9.17) is 4.74 Å². The molecule has 1 atom stereocenters. The summed E-state index contributed by atoms with van der Waals surface area (Å²) >= 11 is 0. The normalized spacial score (nSPS) is 16.6. The number of halogens is 1. The molecule has 4 nitrogen and oxygen atoms in total. The molecule has 1 saturated heterocycles. The van der Waals surface area contributed by atoms with E-state index in [9.17, 15) is 9.18 Å². The minimum Gasteiger partial charge on any atom is -0.447 e. The van der Waals surface area contributed by atoms with E-state index in [0.29, 0.717) is 17.0 Å². The first kappa shape index (κ1) is 13.1. The number of aromatic nitrogens is 1. The van der Waals surface area contributed by atoms with Crippen LogP contribution in [-0.2, 0) is 4.74 Å². The Kier molecular flexibility index (Phi) is 3.52. The minimum absolute atomic E-state index is 0.246. The lowest BCUT2D eigenvalue weighted by Crippen LogP contribution is -2.19. The Morgan fingerprint density at radius 1 is 1.19 bits per heavy atom. The van der Waals surface area contributed by atoms with Crippen molar-refractivity contribution in [2.24, 2.45) is 0 Å². The van der Waals surface area contributed by atoms with Gasteiger partial charge in [-0.2, -0.15) is 0 Å². The van der Waals surface area contributed by atoms with Crippen molar-refractivity contribution >= 4 is 6.09 Å². The summed E-state index contributed by atoms with van der Waals surface area (Å²) in [7, 11) is 0. The third kappa shape index (κ3) is 3.00. The lowest BCUT2D eigenvalue weighted by molar-refractivity contribution is 0.177. The van der Waals surface area contributed by atoms with Gasteiger partial charge in [0.25, 0.3) is 0 Å². The van der Waals surface area contributed by atoms with Gasteiger partial charge in [0.15, 0.2) is 0 Å². The third-order valence-corrected chi connectivity index (χ3v) is 3.00. The fourth-order valence-electron chi connectivity index (χ4n) is 1.95. The van der Waals surface area contributed by atoms with Crippen molar-refractivity contribution in [1.29, 1.82) is 0 Å². The van der Waals surface area contributed by atoms with Crippen molar-refractivity contribution < 1.29 is 13.9 Å². The highest BCUT2D eigenvalue weighted by Crippen LogP contribution is 2.16. The molecule has 1 fully saturated rings. The summed E-state index contributed by atoms with van der Waals surface area (Å²) in [6, 6.07) is 11.3. The van der Waals surface area contributed by atoms with Gasteiger partial charge < -0.3 is 10.1 Å². The van der Waals surface area contributed by atoms with E-state index in [-0.39, 0.29) is 18.5 Å². The Bertz CT molecular complexity index is 749. The molecule has 21 heavy (non-hydrogen) atoms. The van der Waals surface area contributed by atoms with E-state index in [1.165, 1.54) is 6.07 Å². The van der Waals surface area contributed by atoms with Crippen molar-refractivity contribution in [3.8, 4) is 11.8 Å². The van der Waals surface area contributed by atoms with Gasteiger partial charge in [-0.15, -0.1) is 0 Å². The molecule has 0 aliphatic carbocycles. The van der Waals surface area contributed by atoms with E-state index in [1.807, 2.05) is 0 Å². The number of benzene rings is 1. The first-order valence-corrected chi connectivity index (χ1v) is 6.39.